The van der Waals surface area contributed by atoms with Crippen molar-refractivity contribution >= 4 is 17.5 Å². The number of carbonyl (C=O) groups excluding carboxylic acids is 1. The van der Waals surface area contributed by atoms with E-state index in [0.29, 0.717) is 29.7 Å². The summed E-state index contributed by atoms with van der Waals surface area (Å²) in [5, 5.41) is 11.6. The summed E-state index contributed by atoms with van der Waals surface area (Å²) in [6.07, 6.45) is -0.177. The van der Waals surface area contributed by atoms with Gasteiger partial charge in [-0.2, -0.15) is 5.26 Å². The second-order valence-corrected chi connectivity index (χ2v) is 6.13. The van der Waals surface area contributed by atoms with E-state index in [1.54, 1.807) is 12.1 Å². The van der Waals surface area contributed by atoms with Crippen LogP contribution in [-0.2, 0) is 17.9 Å². The lowest BCUT2D eigenvalue weighted by Crippen LogP contribution is -2.21. The van der Waals surface area contributed by atoms with E-state index in [-0.39, 0.29) is 18.9 Å². The molecular weight excluding hydrogens is 352 g/mol. The lowest BCUT2D eigenvalue weighted by molar-refractivity contribution is -0.120. The van der Waals surface area contributed by atoms with E-state index in [0.717, 1.165) is 16.7 Å². The molecule has 0 spiro atoms. The van der Waals surface area contributed by atoms with Crippen LogP contribution in [0, 0.1) is 18.3 Å². The van der Waals surface area contributed by atoms with Gasteiger partial charge in [0.15, 0.2) is 11.5 Å². The number of nitrogens with zero attached hydrogens (tertiary/aromatic N) is 1. The summed E-state index contributed by atoms with van der Waals surface area (Å²) in [5.74, 6) is 0.667. The highest BCUT2D eigenvalue weighted by Gasteiger charge is 2.13. The number of hydrogen-bond acceptors (Lipinski definition) is 4. The van der Waals surface area contributed by atoms with Crippen LogP contribution in [0.1, 0.15) is 30.0 Å². The first-order chi connectivity index (χ1) is 12.5. The highest BCUT2D eigenvalue weighted by atomic mass is 35.5. The molecule has 0 aliphatic rings. The van der Waals surface area contributed by atoms with Crippen molar-refractivity contribution in [1.82, 2.24) is 5.32 Å². The summed E-state index contributed by atoms with van der Waals surface area (Å²) in [4.78, 5) is 11.4. The molecule has 0 aromatic heterocycles. The molecule has 2 aromatic rings. The maximum absolute atomic E-state index is 11.4. The minimum Gasteiger partial charge on any atom is -0.490 e. The molecule has 0 fully saturated rings. The van der Waals surface area contributed by atoms with Crippen molar-refractivity contribution in [2.24, 2.45) is 0 Å². The molecule has 136 valence electrons. The van der Waals surface area contributed by atoms with E-state index in [9.17, 15) is 4.79 Å². The smallest absolute Gasteiger partial charge is 0.234 e. The van der Waals surface area contributed by atoms with Gasteiger partial charge in [0.2, 0.25) is 5.91 Å². The Morgan fingerprint density at radius 1 is 1.23 bits per heavy atom. The Labute approximate surface area is 158 Å². The number of rotatable bonds is 8. The third kappa shape index (κ3) is 5.68. The molecule has 0 aliphatic carbocycles. The second kappa shape index (κ2) is 9.69. The van der Waals surface area contributed by atoms with Crippen LogP contribution in [0.25, 0.3) is 0 Å². The van der Waals surface area contributed by atoms with Crippen molar-refractivity contribution in [2.75, 3.05) is 6.61 Å². The Kier molecular flexibility index (Phi) is 7.31. The minimum atomic E-state index is -0.332. The van der Waals surface area contributed by atoms with E-state index in [1.807, 2.05) is 44.2 Å². The summed E-state index contributed by atoms with van der Waals surface area (Å²) in [6, 6.07) is 13.4. The van der Waals surface area contributed by atoms with Gasteiger partial charge in [-0.1, -0.05) is 41.4 Å². The van der Waals surface area contributed by atoms with Gasteiger partial charge in [-0.15, -0.1) is 0 Å². The zero-order chi connectivity index (χ0) is 18.9. The lowest BCUT2D eigenvalue weighted by atomic mass is 10.1. The zero-order valence-corrected chi connectivity index (χ0v) is 15.6. The van der Waals surface area contributed by atoms with Crippen molar-refractivity contribution in [2.45, 2.75) is 33.4 Å². The molecule has 5 nitrogen and oxygen atoms in total. The summed E-state index contributed by atoms with van der Waals surface area (Å²) >= 11 is 6.37. The molecule has 1 amide bonds. The summed E-state index contributed by atoms with van der Waals surface area (Å²) in [7, 11) is 0. The third-order valence-electron chi connectivity index (χ3n) is 3.56. The van der Waals surface area contributed by atoms with E-state index in [2.05, 4.69) is 5.32 Å². The van der Waals surface area contributed by atoms with E-state index < -0.39 is 0 Å². The first kappa shape index (κ1) is 19.6. The standard InChI is InChI=1S/C20H21ClN2O3/c1-3-25-18-11-16(12-23-19(24)7-8-22)10-17(21)20(18)26-13-15-6-4-5-14(2)9-15/h4-6,9-11H,3,7,12-13H2,1-2H3,(H,23,24). The molecule has 0 heterocycles. The van der Waals surface area contributed by atoms with Crippen LogP contribution in [0.2, 0.25) is 5.02 Å². The van der Waals surface area contributed by atoms with Gasteiger partial charge < -0.3 is 14.8 Å². The summed E-state index contributed by atoms with van der Waals surface area (Å²) in [5.41, 5.74) is 2.97. The fraction of sp³-hybridized carbons (Fsp3) is 0.300. The molecule has 0 atom stereocenters. The van der Waals surface area contributed by atoms with Gasteiger partial charge in [0.05, 0.1) is 17.7 Å². The first-order valence-corrected chi connectivity index (χ1v) is 8.68. The van der Waals surface area contributed by atoms with E-state index in [4.69, 9.17) is 26.3 Å². The molecule has 2 rings (SSSR count). The second-order valence-electron chi connectivity index (χ2n) is 5.73. The minimum absolute atomic E-state index is 0.177. The van der Waals surface area contributed by atoms with Crippen LogP contribution in [0.4, 0.5) is 0 Å². The normalized spacial score (nSPS) is 10.1. The number of benzene rings is 2. The molecule has 0 aliphatic heterocycles. The van der Waals surface area contributed by atoms with Crippen LogP contribution < -0.4 is 14.8 Å². The van der Waals surface area contributed by atoms with Crippen molar-refractivity contribution in [3.05, 3.63) is 58.1 Å². The number of aryl methyl sites for hydroxylation is 1. The highest BCUT2D eigenvalue weighted by molar-refractivity contribution is 6.32. The number of nitriles is 1. The Bertz CT molecular complexity index is 815. The average Bonchev–Trinajstić information content (AvgIpc) is 2.60. The van der Waals surface area contributed by atoms with Gasteiger partial charge in [-0.05, 0) is 37.1 Å². The number of amides is 1. The SMILES string of the molecule is CCOc1cc(CNC(=O)CC#N)cc(Cl)c1OCc1cccc(C)c1. The maximum atomic E-state index is 11.4. The van der Waals surface area contributed by atoms with E-state index in [1.165, 1.54) is 0 Å². The average molecular weight is 373 g/mol. The Balaban J connectivity index is 2.14. The Morgan fingerprint density at radius 2 is 2.04 bits per heavy atom. The molecule has 0 saturated carbocycles. The largest absolute Gasteiger partial charge is 0.490 e. The van der Waals surface area contributed by atoms with Gasteiger partial charge in [0.1, 0.15) is 13.0 Å². The van der Waals surface area contributed by atoms with Crippen molar-refractivity contribution < 1.29 is 14.3 Å². The molecule has 0 saturated heterocycles. The van der Waals surface area contributed by atoms with Gasteiger partial charge in [0, 0.05) is 6.54 Å². The van der Waals surface area contributed by atoms with Crippen LogP contribution in [0.5, 0.6) is 11.5 Å². The highest BCUT2D eigenvalue weighted by Crippen LogP contribution is 2.37. The lowest BCUT2D eigenvalue weighted by Gasteiger charge is -2.16. The quantitative estimate of drug-likeness (QED) is 0.755. The Hall–Kier alpha value is -2.71. The van der Waals surface area contributed by atoms with Crippen molar-refractivity contribution in [1.29, 1.82) is 5.26 Å². The van der Waals surface area contributed by atoms with Gasteiger partial charge in [-0.3, -0.25) is 4.79 Å². The van der Waals surface area contributed by atoms with Crippen molar-refractivity contribution in [3.63, 3.8) is 0 Å². The fourth-order valence-corrected chi connectivity index (χ4v) is 2.71. The van der Waals surface area contributed by atoms with Crippen molar-refractivity contribution in [3.8, 4) is 17.6 Å². The first-order valence-electron chi connectivity index (χ1n) is 8.30. The topological polar surface area (TPSA) is 71.3 Å². The number of ether oxygens (including phenoxy) is 2. The predicted octanol–water partition coefficient (Wildman–Crippen LogP) is 4.16. The monoisotopic (exact) mass is 372 g/mol. The number of halogens is 1. The summed E-state index contributed by atoms with van der Waals surface area (Å²) in [6.45, 7) is 5.00. The third-order valence-corrected chi connectivity index (χ3v) is 3.84. The van der Waals surface area contributed by atoms with Gasteiger partial charge >= 0.3 is 0 Å². The molecule has 0 radical (unpaired) electrons. The molecule has 6 heteroatoms. The van der Waals surface area contributed by atoms with Gasteiger partial charge in [-0.25, -0.2) is 0 Å². The Morgan fingerprint density at radius 3 is 2.73 bits per heavy atom. The number of hydrogen-bond donors (Lipinski definition) is 1. The fourth-order valence-electron chi connectivity index (χ4n) is 2.42. The molecule has 26 heavy (non-hydrogen) atoms. The van der Waals surface area contributed by atoms with Gasteiger partial charge in [0.25, 0.3) is 0 Å². The van der Waals surface area contributed by atoms with E-state index >= 15 is 0 Å². The van der Waals surface area contributed by atoms with Crippen LogP contribution in [0.15, 0.2) is 36.4 Å². The number of carbonyl (C=O) groups is 1. The molecule has 2 aromatic carbocycles. The maximum Gasteiger partial charge on any atom is 0.234 e. The predicted molar refractivity (Wildman–Crippen MR) is 100 cm³/mol. The number of nitrogens with one attached hydrogen (secondary N) is 1. The molecule has 1 N–H and O–H groups in total. The zero-order valence-electron chi connectivity index (χ0n) is 14.8. The molecular formula is C20H21ClN2O3. The summed E-state index contributed by atoms with van der Waals surface area (Å²) < 4.78 is 11.5. The van der Waals surface area contributed by atoms with Crippen LogP contribution >= 0.6 is 11.6 Å². The van der Waals surface area contributed by atoms with Crippen LogP contribution in [0.3, 0.4) is 0 Å². The molecule has 0 unspecified atom stereocenters. The van der Waals surface area contributed by atoms with Crippen LogP contribution in [-0.4, -0.2) is 12.5 Å². The molecule has 0 bridgehead atoms.